The molecule has 1 fully saturated rings. The third-order valence-corrected chi connectivity index (χ3v) is 3.53. The number of benzene rings is 1. The summed E-state index contributed by atoms with van der Waals surface area (Å²) in [7, 11) is 0. The lowest BCUT2D eigenvalue weighted by molar-refractivity contribution is 0.0717. The molecule has 0 aliphatic heterocycles. The van der Waals surface area contributed by atoms with Crippen LogP contribution in [0.25, 0.3) is 0 Å². The minimum absolute atomic E-state index is 0.118. The van der Waals surface area contributed by atoms with Crippen molar-refractivity contribution >= 4 is 5.91 Å². The van der Waals surface area contributed by atoms with Crippen LogP contribution in [0.15, 0.2) is 24.3 Å². The number of amides is 1. The molecule has 1 aliphatic rings. The van der Waals surface area contributed by atoms with Gasteiger partial charge < -0.3 is 15.2 Å². The molecule has 2 atom stereocenters. The number of hydrogen-bond acceptors (Lipinski definition) is 3. The fraction of sp³-hybridized carbons (Fsp3) is 0.562. The van der Waals surface area contributed by atoms with Gasteiger partial charge in [0.1, 0.15) is 5.75 Å². The monoisotopic (exact) mass is 277 g/mol. The van der Waals surface area contributed by atoms with Gasteiger partial charge in [-0.25, -0.2) is 0 Å². The van der Waals surface area contributed by atoms with Gasteiger partial charge >= 0.3 is 0 Å². The van der Waals surface area contributed by atoms with E-state index in [2.05, 4.69) is 5.32 Å². The summed E-state index contributed by atoms with van der Waals surface area (Å²) in [5.41, 5.74) is 0.596. The summed E-state index contributed by atoms with van der Waals surface area (Å²) in [5.74, 6) is 0.626. The maximum Gasteiger partial charge on any atom is 0.251 e. The van der Waals surface area contributed by atoms with Gasteiger partial charge in [-0.1, -0.05) is 12.8 Å². The fourth-order valence-electron chi connectivity index (χ4n) is 2.49. The van der Waals surface area contributed by atoms with Crippen molar-refractivity contribution in [2.24, 2.45) is 0 Å². The molecule has 110 valence electrons. The fourth-order valence-corrected chi connectivity index (χ4v) is 2.49. The Balaban J connectivity index is 1.95. The van der Waals surface area contributed by atoms with Gasteiger partial charge in [0, 0.05) is 5.56 Å². The maximum absolute atomic E-state index is 12.1. The number of ether oxygens (including phenoxy) is 1. The molecule has 4 nitrogen and oxygen atoms in total. The van der Waals surface area contributed by atoms with E-state index < -0.39 is 6.10 Å². The van der Waals surface area contributed by atoms with Crippen LogP contribution in [0, 0.1) is 0 Å². The van der Waals surface area contributed by atoms with E-state index in [0.717, 1.165) is 31.4 Å². The summed E-state index contributed by atoms with van der Waals surface area (Å²) in [5, 5.41) is 12.8. The molecule has 2 unspecified atom stereocenters. The average Bonchev–Trinajstić information content (AvgIpc) is 2.41. The number of carbonyl (C=O) groups excluding carboxylic acids is 1. The van der Waals surface area contributed by atoms with Crippen molar-refractivity contribution in [3.63, 3.8) is 0 Å². The van der Waals surface area contributed by atoms with Crippen LogP contribution in [-0.2, 0) is 0 Å². The molecule has 1 aromatic carbocycles. The number of rotatable bonds is 4. The predicted molar refractivity (Wildman–Crippen MR) is 77.9 cm³/mol. The smallest absolute Gasteiger partial charge is 0.251 e. The van der Waals surface area contributed by atoms with E-state index in [1.54, 1.807) is 24.3 Å². The van der Waals surface area contributed by atoms with Crippen molar-refractivity contribution in [2.45, 2.75) is 57.8 Å². The van der Waals surface area contributed by atoms with E-state index in [0.29, 0.717) is 5.56 Å². The first kappa shape index (κ1) is 14.9. The zero-order chi connectivity index (χ0) is 14.5. The summed E-state index contributed by atoms with van der Waals surface area (Å²) in [4.78, 5) is 12.1. The first-order valence-electron chi connectivity index (χ1n) is 7.32. The van der Waals surface area contributed by atoms with Crippen molar-refractivity contribution in [1.82, 2.24) is 5.32 Å². The molecule has 0 saturated heterocycles. The van der Waals surface area contributed by atoms with Crippen LogP contribution in [-0.4, -0.2) is 29.3 Å². The second-order valence-corrected chi connectivity index (χ2v) is 5.62. The van der Waals surface area contributed by atoms with Gasteiger partial charge in [-0.2, -0.15) is 0 Å². The van der Waals surface area contributed by atoms with Crippen LogP contribution in [0.4, 0.5) is 0 Å². The average molecular weight is 277 g/mol. The van der Waals surface area contributed by atoms with Crippen LogP contribution >= 0.6 is 0 Å². The lowest BCUT2D eigenvalue weighted by Gasteiger charge is -2.28. The topological polar surface area (TPSA) is 58.6 Å². The third kappa shape index (κ3) is 3.97. The Labute approximate surface area is 120 Å². The first-order valence-corrected chi connectivity index (χ1v) is 7.32. The van der Waals surface area contributed by atoms with Crippen LogP contribution < -0.4 is 10.1 Å². The summed E-state index contributed by atoms with van der Waals surface area (Å²) in [6.45, 7) is 3.93. The predicted octanol–water partition coefficient (Wildman–Crippen LogP) is 2.51. The van der Waals surface area contributed by atoms with Crippen molar-refractivity contribution in [3.05, 3.63) is 29.8 Å². The normalized spacial score (nSPS) is 22.6. The van der Waals surface area contributed by atoms with Crippen LogP contribution in [0.3, 0.4) is 0 Å². The van der Waals surface area contributed by atoms with E-state index in [1.165, 1.54) is 0 Å². The van der Waals surface area contributed by atoms with Gasteiger partial charge in [0.15, 0.2) is 0 Å². The van der Waals surface area contributed by atoms with Crippen molar-refractivity contribution in [2.75, 3.05) is 0 Å². The number of nitrogens with one attached hydrogen (secondary N) is 1. The lowest BCUT2D eigenvalue weighted by Crippen LogP contribution is -2.45. The van der Waals surface area contributed by atoms with E-state index >= 15 is 0 Å². The Morgan fingerprint density at radius 2 is 1.90 bits per heavy atom. The molecule has 1 aromatic rings. The molecule has 0 radical (unpaired) electrons. The molecule has 0 spiro atoms. The van der Waals surface area contributed by atoms with Gasteiger partial charge in [-0.15, -0.1) is 0 Å². The van der Waals surface area contributed by atoms with Crippen molar-refractivity contribution in [3.8, 4) is 5.75 Å². The highest BCUT2D eigenvalue weighted by molar-refractivity contribution is 5.94. The molecule has 4 heteroatoms. The molecule has 0 heterocycles. The van der Waals surface area contributed by atoms with Gasteiger partial charge in [-0.3, -0.25) is 4.79 Å². The molecule has 0 aromatic heterocycles. The van der Waals surface area contributed by atoms with E-state index in [-0.39, 0.29) is 18.1 Å². The minimum atomic E-state index is -0.420. The maximum atomic E-state index is 12.1. The molecule has 0 bridgehead atoms. The Morgan fingerprint density at radius 3 is 2.50 bits per heavy atom. The van der Waals surface area contributed by atoms with E-state index in [9.17, 15) is 9.90 Å². The number of hydrogen-bond donors (Lipinski definition) is 2. The van der Waals surface area contributed by atoms with Gasteiger partial charge in [0.25, 0.3) is 5.91 Å². The summed E-state index contributed by atoms with van der Waals surface area (Å²) < 4.78 is 5.54. The van der Waals surface area contributed by atoms with Crippen LogP contribution in [0.5, 0.6) is 5.75 Å². The second-order valence-electron chi connectivity index (χ2n) is 5.62. The molecule has 1 aliphatic carbocycles. The number of aliphatic hydroxyl groups excluding tert-OH is 1. The molecular weight excluding hydrogens is 254 g/mol. The van der Waals surface area contributed by atoms with Gasteiger partial charge in [0.05, 0.1) is 18.2 Å². The highest BCUT2D eigenvalue weighted by Crippen LogP contribution is 2.19. The zero-order valence-electron chi connectivity index (χ0n) is 12.1. The summed E-state index contributed by atoms with van der Waals surface area (Å²) >= 11 is 0. The Hall–Kier alpha value is -1.55. The quantitative estimate of drug-likeness (QED) is 0.889. The van der Waals surface area contributed by atoms with E-state index in [1.807, 2.05) is 13.8 Å². The van der Waals surface area contributed by atoms with Crippen molar-refractivity contribution < 1.29 is 14.6 Å². The highest BCUT2D eigenvalue weighted by atomic mass is 16.5. The lowest BCUT2D eigenvalue weighted by atomic mass is 9.92. The SMILES string of the molecule is CC(C)Oc1ccc(C(=O)NC2CCCCC2O)cc1. The Morgan fingerprint density at radius 1 is 1.25 bits per heavy atom. The van der Waals surface area contributed by atoms with Crippen LogP contribution in [0.2, 0.25) is 0 Å². The second kappa shape index (κ2) is 6.75. The van der Waals surface area contributed by atoms with Crippen molar-refractivity contribution in [1.29, 1.82) is 0 Å². The molecule has 20 heavy (non-hydrogen) atoms. The Kier molecular flexibility index (Phi) is 5.01. The van der Waals surface area contributed by atoms with Crippen LogP contribution in [0.1, 0.15) is 49.9 Å². The van der Waals surface area contributed by atoms with Gasteiger partial charge in [-0.05, 0) is 51.0 Å². The zero-order valence-corrected chi connectivity index (χ0v) is 12.1. The third-order valence-electron chi connectivity index (χ3n) is 3.53. The largest absolute Gasteiger partial charge is 0.491 e. The van der Waals surface area contributed by atoms with Gasteiger partial charge in [0.2, 0.25) is 0 Å². The number of aliphatic hydroxyl groups is 1. The number of carbonyl (C=O) groups is 1. The van der Waals surface area contributed by atoms with E-state index in [4.69, 9.17) is 4.74 Å². The standard InChI is InChI=1S/C16H23NO3/c1-11(2)20-13-9-7-12(8-10-13)16(19)17-14-5-3-4-6-15(14)18/h7-11,14-15,18H,3-6H2,1-2H3,(H,17,19). The molecule has 2 N–H and O–H groups in total. The molecule has 1 saturated carbocycles. The summed E-state index contributed by atoms with van der Waals surface area (Å²) in [6.07, 6.45) is 3.41. The summed E-state index contributed by atoms with van der Waals surface area (Å²) in [6, 6.07) is 6.98. The highest BCUT2D eigenvalue weighted by Gasteiger charge is 2.24. The molecule has 1 amide bonds. The minimum Gasteiger partial charge on any atom is -0.491 e. The first-order chi connectivity index (χ1) is 9.56. The molecule has 2 rings (SSSR count). The molecular formula is C16H23NO3. The Bertz CT molecular complexity index is 442.